The third kappa shape index (κ3) is 5.04. The quantitative estimate of drug-likeness (QED) is 0.846. The molecule has 1 heterocycles. The average molecular weight is 343 g/mol. The predicted molar refractivity (Wildman–Crippen MR) is 83.3 cm³/mol. The van der Waals surface area contributed by atoms with E-state index < -0.39 is 17.6 Å². The van der Waals surface area contributed by atoms with Crippen LogP contribution < -0.4 is 11.1 Å². The number of para-hydroxylation sites is 1. The highest BCUT2D eigenvalue weighted by Gasteiger charge is 2.33. The molecule has 0 aliphatic heterocycles. The molecule has 1 amide bonds. The van der Waals surface area contributed by atoms with Gasteiger partial charge in [-0.2, -0.15) is 13.2 Å². The summed E-state index contributed by atoms with van der Waals surface area (Å²) in [5, 5.41) is 4.91. The second kappa shape index (κ2) is 7.56. The standard InChI is InChI=1S/C15H16F3N3OS/c16-15(17,18)11-4-1-2-5-12(11)21-13(22)8-10-9-23-14(20-10)6-3-7-19/h1-2,4-5,9H,3,6-8,19H2,(H,21,22). The molecule has 0 aliphatic carbocycles. The number of carbonyl (C=O) groups excluding carboxylic acids is 1. The fourth-order valence-corrected chi connectivity index (χ4v) is 2.84. The van der Waals surface area contributed by atoms with E-state index in [1.54, 1.807) is 5.38 Å². The van der Waals surface area contributed by atoms with E-state index in [1.807, 2.05) is 0 Å². The van der Waals surface area contributed by atoms with Crippen LogP contribution in [-0.2, 0) is 23.8 Å². The van der Waals surface area contributed by atoms with Crippen molar-refractivity contribution in [3.05, 3.63) is 45.9 Å². The van der Waals surface area contributed by atoms with Crippen molar-refractivity contribution in [2.75, 3.05) is 11.9 Å². The van der Waals surface area contributed by atoms with Crippen LogP contribution in [-0.4, -0.2) is 17.4 Å². The number of hydrogen-bond acceptors (Lipinski definition) is 4. The highest BCUT2D eigenvalue weighted by molar-refractivity contribution is 7.09. The molecule has 8 heteroatoms. The molecule has 23 heavy (non-hydrogen) atoms. The van der Waals surface area contributed by atoms with Gasteiger partial charge in [0.1, 0.15) is 0 Å². The van der Waals surface area contributed by atoms with E-state index in [1.165, 1.54) is 29.5 Å². The van der Waals surface area contributed by atoms with Crippen LogP contribution in [0.2, 0.25) is 0 Å². The molecule has 0 saturated heterocycles. The molecule has 3 N–H and O–H groups in total. The Morgan fingerprint density at radius 1 is 1.30 bits per heavy atom. The van der Waals surface area contributed by atoms with Crippen molar-refractivity contribution < 1.29 is 18.0 Å². The third-order valence-corrected chi connectivity index (χ3v) is 4.00. The summed E-state index contributed by atoms with van der Waals surface area (Å²) in [6.07, 6.45) is -3.04. The van der Waals surface area contributed by atoms with Crippen molar-refractivity contribution in [2.45, 2.75) is 25.4 Å². The summed E-state index contributed by atoms with van der Waals surface area (Å²) in [6.45, 7) is 0.559. The second-order valence-corrected chi connectivity index (χ2v) is 5.84. The molecule has 0 fully saturated rings. The first-order valence-corrected chi connectivity index (χ1v) is 7.87. The van der Waals surface area contributed by atoms with E-state index >= 15 is 0 Å². The van der Waals surface area contributed by atoms with Gasteiger partial charge in [-0.25, -0.2) is 4.98 Å². The van der Waals surface area contributed by atoms with Crippen LogP contribution in [0, 0.1) is 0 Å². The van der Waals surface area contributed by atoms with Gasteiger partial charge in [0.2, 0.25) is 5.91 Å². The summed E-state index contributed by atoms with van der Waals surface area (Å²) in [4.78, 5) is 16.2. The smallest absolute Gasteiger partial charge is 0.330 e. The predicted octanol–water partition coefficient (Wildman–Crippen LogP) is 3.23. The van der Waals surface area contributed by atoms with Crippen molar-refractivity contribution in [2.24, 2.45) is 5.73 Å². The fourth-order valence-electron chi connectivity index (χ4n) is 2.00. The minimum absolute atomic E-state index is 0.0642. The van der Waals surface area contributed by atoms with Crippen LogP contribution >= 0.6 is 11.3 Å². The molecule has 4 nitrogen and oxygen atoms in total. The van der Waals surface area contributed by atoms with E-state index in [-0.39, 0.29) is 12.1 Å². The van der Waals surface area contributed by atoms with Crippen molar-refractivity contribution in [1.29, 1.82) is 0 Å². The van der Waals surface area contributed by atoms with Gasteiger partial charge in [-0.05, 0) is 25.1 Å². The summed E-state index contributed by atoms with van der Waals surface area (Å²) in [7, 11) is 0. The van der Waals surface area contributed by atoms with E-state index in [9.17, 15) is 18.0 Å². The van der Waals surface area contributed by atoms with E-state index in [2.05, 4.69) is 10.3 Å². The molecule has 2 rings (SSSR count). The summed E-state index contributed by atoms with van der Waals surface area (Å²) in [6, 6.07) is 4.89. The number of aryl methyl sites for hydroxylation is 1. The van der Waals surface area contributed by atoms with Gasteiger partial charge in [0.05, 0.1) is 28.4 Å². The van der Waals surface area contributed by atoms with E-state index in [0.29, 0.717) is 12.2 Å². The topological polar surface area (TPSA) is 68.0 Å². The van der Waals surface area contributed by atoms with Gasteiger partial charge >= 0.3 is 6.18 Å². The Morgan fingerprint density at radius 3 is 2.74 bits per heavy atom. The van der Waals surface area contributed by atoms with Gasteiger partial charge in [0, 0.05) is 11.8 Å². The number of rotatable bonds is 6. The number of amides is 1. The van der Waals surface area contributed by atoms with Crippen molar-refractivity contribution in [3.63, 3.8) is 0 Å². The fraction of sp³-hybridized carbons (Fsp3) is 0.333. The lowest BCUT2D eigenvalue weighted by Crippen LogP contribution is -2.18. The molecule has 0 atom stereocenters. The maximum atomic E-state index is 12.9. The summed E-state index contributed by atoms with van der Waals surface area (Å²) < 4.78 is 38.6. The van der Waals surface area contributed by atoms with Crippen LogP contribution in [0.3, 0.4) is 0 Å². The van der Waals surface area contributed by atoms with Gasteiger partial charge < -0.3 is 11.1 Å². The minimum Gasteiger partial charge on any atom is -0.330 e. The maximum absolute atomic E-state index is 12.9. The molecule has 1 aromatic carbocycles. The molecule has 0 spiro atoms. The van der Waals surface area contributed by atoms with Crippen LogP contribution in [0.5, 0.6) is 0 Å². The number of nitrogens with zero attached hydrogens (tertiary/aromatic N) is 1. The van der Waals surface area contributed by atoms with Gasteiger partial charge in [-0.1, -0.05) is 12.1 Å². The van der Waals surface area contributed by atoms with Crippen LogP contribution in [0.25, 0.3) is 0 Å². The van der Waals surface area contributed by atoms with Gasteiger partial charge in [-0.3, -0.25) is 4.79 Å². The number of aromatic nitrogens is 1. The van der Waals surface area contributed by atoms with Crippen molar-refractivity contribution in [3.8, 4) is 0 Å². The first-order valence-electron chi connectivity index (χ1n) is 6.99. The molecule has 0 saturated carbocycles. The summed E-state index contributed by atoms with van der Waals surface area (Å²) in [5.41, 5.74) is 4.85. The third-order valence-electron chi connectivity index (χ3n) is 3.04. The number of halogens is 3. The van der Waals surface area contributed by atoms with Crippen LogP contribution in [0.4, 0.5) is 18.9 Å². The molecule has 0 aliphatic rings. The molecular weight excluding hydrogens is 327 g/mol. The Morgan fingerprint density at radius 2 is 2.04 bits per heavy atom. The SMILES string of the molecule is NCCCc1nc(CC(=O)Nc2ccccc2C(F)(F)F)cs1. The molecule has 0 bridgehead atoms. The number of nitrogens with one attached hydrogen (secondary N) is 1. The zero-order valence-corrected chi connectivity index (χ0v) is 13.0. The Hall–Kier alpha value is -1.93. The van der Waals surface area contributed by atoms with Crippen molar-refractivity contribution >= 4 is 22.9 Å². The number of nitrogens with two attached hydrogens (primary N) is 1. The molecular formula is C15H16F3N3OS. The Labute approximate surface area is 135 Å². The number of hydrogen-bond donors (Lipinski definition) is 2. The summed E-state index contributed by atoms with van der Waals surface area (Å²) >= 11 is 1.42. The van der Waals surface area contributed by atoms with Crippen molar-refractivity contribution in [1.82, 2.24) is 4.98 Å². The Bertz CT molecular complexity index is 670. The molecule has 0 unspecified atom stereocenters. The first kappa shape index (κ1) is 17.4. The van der Waals surface area contributed by atoms with Gasteiger partial charge in [0.25, 0.3) is 0 Å². The average Bonchev–Trinajstić information content (AvgIpc) is 2.91. The summed E-state index contributed by atoms with van der Waals surface area (Å²) in [5.74, 6) is -0.530. The lowest BCUT2D eigenvalue weighted by atomic mass is 10.1. The number of thiazole rings is 1. The maximum Gasteiger partial charge on any atom is 0.418 e. The lowest BCUT2D eigenvalue weighted by Gasteiger charge is -2.13. The zero-order valence-electron chi connectivity index (χ0n) is 12.2. The highest BCUT2D eigenvalue weighted by Crippen LogP contribution is 2.34. The normalized spacial score (nSPS) is 11.5. The van der Waals surface area contributed by atoms with Crippen LogP contribution in [0.1, 0.15) is 22.7 Å². The number of benzene rings is 1. The Balaban J connectivity index is 2.02. The van der Waals surface area contributed by atoms with Crippen LogP contribution in [0.15, 0.2) is 29.6 Å². The monoisotopic (exact) mass is 343 g/mol. The highest BCUT2D eigenvalue weighted by atomic mass is 32.1. The van der Waals surface area contributed by atoms with E-state index in [4.69, 9.17) is 5.73 Å². The second-order valence-electron chi connectivity index (χ2n) is 4.89. The molecule has 0 radical (unpaired) electrons. The number of carbonyl (C=O) groups is 1. The first-order chi connectivity index (χ1) is 10.9. The van der Waals surface area contributed by atoms with E-state index in [0.717, 1.165) is 23.9 Å². The van der Waals surface area contributed by atoms with Gasteiger partial charge in [0.15, 0.2) is 0 Å². The molecule has 2 aromatic rings. The Kier molecular flexibility index (Phi) is 5.73. The largest absolute Gasteiger partial charge is 0.418 e. The lowest BCUT2D eigenvalue weighted by molar-refractivity contribution is -0.137. The van der Waals surface area contributed by atoms with Gasteiger partial charge in [-0.15, -0.1) is 11.3 Å². The zero-order chi connectivity index (χ0) is 16.9. The number of alkyl halides is 3. The minimum atomic E-state index is -4.51. The molecule has 1 aromatic heterocycles. The molecule has 124 valence electrons. The number of anilines is 1.